The summed E-state index contributed by atoms with van der Waals surface area (Å²) in [6.45, 7) is 3.65. The van der Waals surface area contributed by atoms with Crippen molar-refractivity contribution in [2.45, 2.75) is 13.8 Å². The molecule has 5 heteroatoms. The molecule has 0 bridgehead atoms. The highest BCUT2D eigenvalue weighted by Crippen LogP contribution is 1.69. The van der Waals surface area contributed by atoms with Crippen LogP contribution in [0, 0.1) is 0 Å². The molecule has 6 N–H and O–H groups in total. The predicted molar refractivity (Wildman–Crippen MR) is 33.1 cm³/mol. The molecular weight excluding hydrogens is 128 g/mol. The van der Waals surface area contributed by atoms with Gasteiger partial charge < -0.3 is 21.2 Å². The molecule has 0 saturated carbocycles. The van der Waals surface area contributed by atoms with Crippen LogP contribution in [0.2, 0.25) is 0 Å². The summed E-state index contributed by atoms with van der Waals surface area (Å²) >= 11 is 0. The number of carbonyl (C=O) groups excluding carboxylic acids is 1. The van der Waals surface area contributed by atoms with Gasteiger partial charge >= 0.3 is 5.97 Å². The summed E-state index contributed by atoms with van der Waals surface area (Å²) in [5.74, 6) is -0.211. The second-order valence-electron chi connectivity index (χ2n) is 0.925. The highest BCUT2D eigenvalue weighted by molar-refractivity contribution is 5.65. The molecule has 0 unspecified atom stereocenters. The van der Waals surface area contributed by atoms with Crippen molar-refractivity contribution in [1.29, 1.82) is 0 Å². The van der Waals surface area contributed by atoms with Gasteiger partial charge in [0.2, 0.25) is 0 Å². The first-order valence-electron chi connectivity index (χ1n) is 1.90. The van der Waals surface area contributed by atoms with E-state index in [1.54, 1.807) is 6.92 Å². The van der Waals surface area contributed by atoms with Gasteiger partial charge in [0.1, 0.15) is 0 Å². The maximum absolute atomic E-state index is 9.82. The molecule has 0 aliphatic heterocycles. The molecular formula is C4H14O5. The third-order valence-electron chi connectivity index (χ3n) is 0.348. The van der Waals surface area contributed by atoms with Gasteiger partial charge in [-0.05, 0) is 6.92 Å². The maximum atomic E-state index is 9.82. The summed E-state index contributed by atoms with van der Waals surface area (Å²) < 4.78 is 4.40. The van der Waals surface area contributed by atoms with Crippen LogP contribution in [0.25, 0.3) is 0 Å². The second-order valence-corrected chi connectivity index (χ2v) is 0.925. The average molecular weight is 142 g/mol. The summed E-state index contributed by atoms with van der Waals surface area (Å²) in [6.07, 6.45) is 0. The first-order chi connectivity index (χ1) is 2.77. The number of esters is 1. The van der Waals surface area contributed by atoms with Crippen molar-refractivity contribution in [2.24, 2.45) is 0 Å². The zero-order valence-corrected chi connectivity index (χ0v) is 5.52. The molecule has 0 amide bonds. The average Bonchev–Trinajstić information content (AvgIpc) is 1.35. The van der Waals surface area contributed by atoms with Crippen LogP contribution in [-0.4, -0.2) is 29.0 Å². The van der Waals surface area contributed by atoms with Crippen molar-refractivity contribution in [3.8, 4) is 0 Å². The molecule has 0 radical (unpaired) electrons. The van der Waals surface area contributed by atoms with Crippen LogP contribution in [0.5, 0.6) is 0 Å². The Morgan fingerprint density at radius 2 is 1.67 bits per heavy atom. The number of carbonyl (C=O) groups is 1. The third-order valence-corrected chi connectivity index (χ3v) is 0.348. The summed E-state index contributed by atoms with van der Waals surface area (Å²) in [5.41, 5.74) is 0. The lowest BCUT2D eigenvalue weighted by molar-refractivity contribution is -0.140. The Hall–Kier alpha value is -0.650. The Kier molecular flexibility index (Phi) is 41.5. The van der Waals surface area contributed by atoms with Crippen molar-refractivity contribution >= 4 is 5.97 Å². The van der Waals surface area contributed by atoms with Gasteiger partial charge in [0.05, 0.1) is 6.61 Å². The van der Waals surface area contributed by atoms with Gasteiger partial charge in [-0.1, -0.05) is 0 Å². The number of rotatable bonds is 1. The fourth-order valence-electron chi connectivity index (χ4n) is 0.203. The number of hydrogen-bond acceptors (Lipinski definition) is 2. The standard InChI is InChI=1S/C4H8O2.3H2O/c1-3-6-4(2)5;;;/h3H2,1-2H3;3*1H2. The Labute approximate surface area is 53.6 Å². The van der Waals surface area contributed by atoms with Crippen LogP contribution in [-0.2, 0) is 9.53 Å². The van der Waals surface area contributed by atoms with Crippen LogP contribution in [0.3, 0.4) is 0 Å². The van der Waals surface area contributed by atoms with Crippen molar-refractivity contribution < 1.29 is 26.0 Å². The van der Waals surface area contributed by atoms with Crippen LogP contribution in [0.15, 0.2) is 0 Å². The van der Waals surface area contributed by atoms with E-state index in [1.807, 2.05) is 0 Å². The molecule has 0 aromatic rings. The Balaban J connectivity index is -0.0000000417. The van der Waals surface area contributed by atoms with Gasteiger partial charge in [-0.25, -0.2) is 0 Å². The van der Waals surface area contributed by atoms with Gasteiger partial charge in [0.15, 0.2) is 0 Å². The highest BCUT2D eigenvalue weighted by atomic mass is 16.5. The fraction of sp³-hybridized carbons (Fsp3) is 0.750. The summed E-state index contributed by atoms with van der Waals surface area (Å²) in [4.78, 5) is 9.82. The predicted octanol–water partition coefficient (Wildman–Crippen LogP) is -1.90. The lowest BCUT2D eigenvalue weighted by atomic mass is 10.8. The van der Waals surface area contributed by atoms with Crippen LogP contribution in [0.1, 0.15) is 13.8 Å². The SMILES string of the molecule is CCOC(C)=O.O.O.O. The minimum atomic E-state index is -0.211. The molecule has 0 aromatic heterocycles. The van der Waals surface area contributed by atoms with E-state index in [2.05, 4.69) is 4.74 Å². The van der Waals surface area contributed by atoms with E-state index in [4.69, 9.17) is 0 Å². The Morgan fingerprint density at radius 1 is 1.33 bits per heavy atom. The molecule has 0 rings (SSSR count). The highest BCUT2D eigenvalue weighted by Gasteiger charge is 1.81. The molecule has 5 nitrogen and oxygen atoms in total. The monoisotopic (exact) mass is 142 g/mol. The quantitative estimate of drug-likeness (QED) is 0.397. The molecule has 0 atom stereocenters. The largest absolute Gasteiger partial charge is 0.466 e. The van der Waals surface area contributed by atoms with Gasteiger partial charge in [0.25, 0.3) is 0 Å². The van der Waals surface area contributed by atoms with Gasteiger partial charge in [-0.2, -0.15) is 0 Å². The zero-order chi connectivity index (χ0) is 4.99. The van der Waals surface area contributed by atoms with E-state index < -0.39 is 0 Å². The van der Waals surface area contributed by atoms with Crippen molar-refractivity contribution in [1.82, 2.24) is 0 Å². The number of ether oxygens (including phenoxy) is 1. The molecule has 0 heterocycles. The van der Waals surface area contributed by atoms with Crippen molar-refractivity contribution in [3.63, 3.8) is 0 Å². The molecule has 0 saturated heterocycles. The first-order valence-corrected chi connectivity index (χ1v) is 1.90. The van der Waals surface area contributed by atoms with E-state index in [0.717, 1.165) is 0 Å². The van der Waals surface area contributed by atoms with Crippen molar-refractivity contribution in [3.05, 3.63) is 0 Å². The Morgan fingerprint density at radius 3 is 1.67 bits per heavy atom. The molecule has 0 spiro atoms. The Bertz CT molecular complexity index is 52.9. The summed E-state index contributed by atoms with van der Waals surface area (Å²) in [5, 5.41) is 0. The smallest absolute Gasteiger partial charge is 0.302 e. The lowest BCUT2D eigenvalue weighted by Gasteiger charge is -1.89. The molecule has 0 aliphatic carbocycles. The second kappa shape index (κ2) is 15.7. The first kappa shape index (κ1) is 23.8. The zero-order valence-electron chi connectivity index (χ0n) is 5.52. The minimum Gasteiger partial charge on any atom is -0.466 e. The normalized spacial score (nSPS) is 5.11. The molecule has 9 heavy (non-hydrogen) atoms. The van der Waals surface area contributed by atoms with E-state index in [-0.39, 0.29) is 22.4 Å². The van der Waals surface area contributed by atoms with E-state index in [1.165, 1.54) is 6.92 Å². The molecule has 60 valence electrons. The van der Waals surface area contributed by atoms with Crippen LogP contribution < -0.4 is 0 Å². The summed E-state index contributed by atoms with van der Waals surface area (Å²) in [6, 6.07) is 0. The van der Waals surface area contributed by atoms with Crippen LogP contribution >= 0.6 is 0 Å². The molecule has 0 aliphatic rings. The topological polar surface area (TPSA) is 121 Å². The van der Waals surface area contributed by atoms with Gasteiger partial charge in [-0.15, -0.1) is 0 Å². The number of hydrogen-bond donors (Lipinski definition) is 0. The molecule has 0 fully saturated rings. The van der Waals surface area contributed by atoms with Gasteiger partial charge in [-0.3, -0.25) is 4.79 Å². The third kappa shape index (κ3) is 38.1. The van der Waals surface area contributed by atoms with E-state index in [9.17, 15) is 4.79 Å². The molecule has 0 aromatic carbocycles. The van der Waals surface area contributed by atoms with Crippen molar-refractivity contribution in [2.75, 3.05) is 6.61 Å². The van der Waals surface area contributed by atoms with Gasteiger partial charge in [0, 0.05) is 6.92 Å². The van der Waals surface area contributed by atoms with E-state index in [0.29, 0.717) is 6.61 Å². The van der Waals surface area contributed by atoms with E-state index >= 15 is 0 Å². The maximum Gasteiger partial charge on any atom is 0.302 e. The summed E-state index contributed by atoms with van der Waals surface area (Å²) in [7, 11) is 0. The minimum absolute atomic E-state index is 0. The van der Waals surface area contributed by atoms with Crippen LogP contribution in [0.4, 0.5) is 0 Å². The fourth-order valence-corrected chi connectivity index (χ4v) is 0.203. The lowest BCUT2D eigenvalue weighted by Crippen LogP contribution is -1.95.